The van der Waals surface area contributed by atoms with Crippen LogP contribution in [0.15, 0.2) is 22.7 Å². The van der Waals surface area contributed by atoms with E-state index < -0.39 is 0 Å². The first-order chi connectivity index (χ1) is 9.32. The molecule has 0 saturated heterocycles. The van der Waals surface area contributed by atoms with Crippen molar-refractivity contribution >= 4 is 27.5 Å². The fourth-order valence-electron chi connectivity index (χ4n) is 2.23. The van der Waals surface area contributed by atoms with Crippen LogP contribution < -0.4 is 11.1 Å². The third kappa shape index (κ3) is 4.80. The van der Waals surface area contributed by atoms with Crippen molar-refractivity contribution < 1.29 is 4.79 Å². The molecule has 0 radical (unpaired) electrons. The minimum atomic E-state index is -0.128. The molecule has 20 heavy (non-hydrogen) atoms. The molecule has 0 spiro atoms. The summed E-state index contributed by atoms with van der Waals surface area (Å²) in [5.41, 5.74) is 6.84. The highest BCUT2D eigenvalue weighted by Crippen LogP contribution is 2.18. The summed E-state index contributed by atoms with van der Waals surface area (Å²) in [7, 11) is 0. The summed E-state index contributed by atoms with van der Waals surface area (Å²) in [5.74, 6) is -0.128. The molecule has 1 rings (SSSR count). The summed E-state index contributed by atoms with van der Waals surface area (Å²) >= 11 is 3.35. The van der Waals surface area contributed by atoms with Gasteiger partial charge in [0.15, 0.2) is 0 Å². The Morgan fingerprint density at radius 1 is 1.30 bits per heavy atom. The van der Waals surface area contributed by atoms with E-state index in [2.05, 4.69) is 53.8 Å². The minimum Gasteiger partial charge on any atom is -0.398 e. The smallest absolute Gasteiger partial charge is 0.253 e. The van der Waals surface area contributed by atoms with Gasteiger partial charge >= 0.3 is 0 Å². The van der Waals surface area contributed by atoms with Crippen LogP contribution in [0.3, 0.4) is 0 Å². The van der Waals surface area contributed by atoms with E-state index in [0.717, 1.165) is 11.0 Å². The highest BCUT2D eigenvalue weighted by molar-refractivity contribution is 9.10. The monoisotopic (exact) mass is 341 g/mol. The number of nitrogens with one attached hydrogen (secondary N) is 1. The van der Waals surface area contributed by atoms with Crippen LogP contribution in [0.5, 0.6) is 0 Å². The molecule has 0 heterocycles. The number of nitrogen functional groups attached to an aromatic ring is 1. The van der Waals surface area contributed by atoms with Crippen molar-refractivity contribution in [3.63, 3.8) is 0 Å². The molecule has 0 aromatic heterocycles. The number of anilines is 1. The number of carbonyl (C=O) groups excluding carboxylic acids is 1. The Balaban J connectivity index is 2.57. The van der Waals surface area contributed by atoms with Gasteiger partial charge in [-0.05, 0) is 45.9 Å². The molecule has 5 heteroatoms. The first-order valence-corrected chi connectivity index (χ1v) is 7.71. The Hall–Kier alpha value is -1.07. The van der Waals surface area contributed by atoms with E-state index >= 15 is 0 Å². The number of benzene rings is 1. The van der Waals surface area contributed by atoms with E-state index in [-0.39, 0.29) is 5.91 Å². The highest BCUT2D eigenvalue weighted by Gasteiger charge is 2.14. The van der Waals surface area contributed by atoms with Crippen LogP contribution in [0.25, 0.3) is 0 Å². The maximum Gasteiger partial charge on any atom is 0.253 e. The molecule has 3 N–H and O–H groups in total. The summed E-state index contributed by atoms with van der Waals surface area (Å²) < 4.78 is 0.850. The first-order valence-electron chi connectivity index (χ1n) is 6.92. The van der Waals surface area contributed by atoms with Gasteiger partial charge < -0.3 is 11.1 Å². The Labute approximate surface area is 129 Å². The SMILES string of the molecule is CC(C)N(CCNC(=O)c1cc(Br)ccc1N)C(C)C. The molecule has 4 nitrogen and oxygen atoms in total. The topological polar surface area (TPSA) is 58.4 Å². The average molecular weight is 342 g/mol. The number of carbonyl (C=O) groups is 1. The van der Waals surface area contributed by atoms with E-state index in [4.69, 9.17) is 5.73 Å². The van der Waals surface area contributed by atoms with Crippen molar-refractivity contribution in [2.75, 3.05) is 18.8 Å². The molecule has 0 bridgehead atoms. The summed E-state index contributed by atoms with van der Waals surface area (Å²) in [6, 6.07) is 6.22. The predicted octanol–water partition coefficient (Wildman–Crippen LogP) is 2.88. The lowest BCUT2D eigenvalue weighted by molar-refractivity contribution is 0.0940. The zero-order chi connectivity index (χ0) is 15.3. The van der Waals surface area contributed by atoms with Crippen LogP contribution >= 0.6 is 15.9 Å². The summed E-state index contributed by atoms with van der Waals surface area (Å²) in [6.07, 6.45) is 0. The van der Waals surface area contributed by atoms with Crippen LogP contribution in [-0.2, 0) is 0 Å². The zero-order valence-corrected chi connectivity index (χ0v) is 14.2. The molecule has 0 aliphatic carbocycles. The lowest BCUT2D eigenvalue weighted by atomic mass is 10.1. The lowest BCUT2D eigenvalue weighted by Crippen LogP contribution is -2.42. The van der Waals surface area contributed by atoms with Crippen LogP contribution in [-0.4, -0.2) is 36.0 Å². The molecule has 0 atom stereocenters. The van der Waals surface area contributed by atoms with Crippen molar-refractivity contribution in [1.29, 1.82) is 0 Å². The number of nitrogens with zero attached hydrogens (tertiary/aromatic N) is 1. The molecule has 0 aliphatic rings. The number of halogens is 1. The van der Waals surface area contributed by atoms with Crippen LogP contribution in [0, 0.1) is 0 Å². The summed E-state index contributed by atoms with van der Waals surface area (Å²) in [5, 5.41) is 2.93. The van der Waals surface area contributed by atoms with Crippen molar-refractivity contribution in [3.05, 3.63) is 28.2 Å². The molecule has 0 aliphatic heterocycles. The quantitative estimate of drug-likeness (QED) is 0.782. The second-order valence-electron chi connectivity index (χ2n) is 5.41. The van der Waals surface area contributed by atoms with Gasteiger partial charge in [-0.2, -0.15) is 0 Å². The standard InChI is InChI=1S/C15H24BrN3O/c1-10(2)19(11(3)4)8-7-18-15(20)13-9-12(16)5-6-14(13)17/h5-6,9-11H,7-8,17H2,1-4H3,(H,18,20). The van der Waals surface area contributed by atoms with Gasteiger partial charge in [0.2, 0.25) is 0 Å². The van der Waals surface area contributed by atoms with Gasteiger partial charge in [0, 0.05) is 35.3 Å². The highest BCUT2D eigenvalue weighted by atomic mass is 79.9. The van der Waals surface area contributed by atoms with Gasteiger partial charge in [-0.3, -0.25) is 9.69 Å². The normalized spacial score (nSPS) is 11.4. The average Bonchev–Trinajstić information content (AvgIpc) is 2.36. The van der Waals surface area contributed by atoms with Crippen LogP contribution in [0.1, 0.15) is 38.1 Å². The molecule has 112 valence electrons. The van der Waals surface area contributed by atoms with Gasteiger partial charge in [-0.25, -0.2) is 0 Å². The molecular weight excluding hydrogens is 318 g/mol. The number of amides is 1. The summed E-state index contributed by atoms with van der Waals surface area (Å²) in [4.78, 5) is 14.4. The number of hydrogen-bond donors (Lipinski definition) is 2. The molecule has 1 aromatic rings. The van der Waals surface area contributed by atoms with E-state index in [1.54, 1.807) is 12.1 Å². The minimum absolute atomic E-state index is 0.128. The Bertz CT molecular complexity index is 452. The molecule has 1 amide bonds. The van der Waals surface area contributed by atoms with E-state index in [1.807, 2.05) is 6.07 Å². The van der Waals surface area contributed by atoms with Gasteiger partial charge in [-0.15, -0.1) is 0 Å². The number of hydrogen-bond acceptors (Lipinski definition) is 3. The van der Waals surface area contributed by atoms with Crippen molar-refractivity contribution in [3.8, 4) is 0 Å². The van der Waals surface area contributed by atoms with Crippen LogP contribution in [0.2, 0.25) is 0 Å². The number of nitrogens with two attached hydrogens (primary N) is 1. The molecule has 0 unspecified atom stereocenters. The lowest BCUT2D eigenvalue weighted by Gasteiger charge is -2.30. The Morgan fingerprint density at radius 3 is 2.45 bits per heavy atom. The molecule has 0 fully saturated rings. The van der Waals surface area contributed by atoms with Crippen molar-refractivity contribution in [2.24, 2.45) is 0 Å². The van der Waals surface area contributed by atoms with Gasteiger partial charge in [0.05, 0.1) is 5.56 Å². The van der Waals surface area contributed by atoms with Gasteiger partial charge in [0.25, 0.3) is 5.91 Å². The van der Waals surface area contributed by atoms with E-state index in [9.17, 15) is 4.79 Å². The second kappa shape index (κ2) is 7.64. The van der Waals surface area contributed by atoms with Gasteiger partial charge in [-0.1, -0.05) is 15.9 Å². The number of rotatable bonds is 6. The maximum absolute atomic E-state index is 12.1. The largest absolute Gasteiger partial charge is 0.398 e. The maximum atomic E-state index is 12.1. The van der Waals surface area contributed by atoms with Crippen molar-refractivity contribution in [2.45, 2.75) is 39.8 Å². The summed E-state index contributed by atoms with van der Waals surface area (Å²) in [6.45, 7) is 10.1. The Morgan fingerprint density at radius 2 is 1.90 bits per heavy atom. The van der Waals surface area contributed by atoms with Crippen molar-refractivity contribution in [1.82, 2.24) is 10.2 Å². The fourth-order valence-corrected chi connectivity index (χ4v) is 2.59. The first kappa shape index (κ1) is 17.0. The second-order valence-corrected chi connectivity index (χ2v) is 6.33. The van der Waals surface area contributed by atoms with E-state index in [1.165, 1.54) is 0 Å². The van der Waals surface area contributed by atoms with Crippen LogP contribution in [0.4, 0.5) is 5.69 Å². The van der Waals surface area contributed by atoms with E-state index in [0.29, 0.717) is 29.9 Å². The Kier molecular flexibility index (Phi) is 6.49. The third-order valence-electron chi connectivity index (χ3n) is 3.24. The van der Waals surface area contributed by atoms with Gasteiger partial charge in [0.1, 0.15) is 0 Å². The molecular formula is C15H24BrN3O. The zero-order valence-electron chi connectivity index (χ0n) is 12.6. The molecule has 0 saturated carbocycles. The molecule has 1 aromatic carbocycles. The fraction of sp³-hybridized carbons (Fsp3) is 0.533. The third-order valence-corrected chi connectivity index (χ3v) is 3.74. The predicted molar refractivity (Wildman–Crippen MR) is 87.9 cm³/mol.